The highest BCUT2D eigenvalue weighted by atomic mass is 35.5. The summed E-state index contributed by atoms with van der Waals surface area (Å²) in [6.07, 6.45) is 3.38. The Bertz CT molecular complexity index is 451. The van der Waals surface area contributed by atoms with Crippen molar-refractivity contribution in [1.82, 2.24) is 9.97 Å². The van der Waals surface area contributed by atoms with Gasteiger partial charge in [-0.05, 0) is 24.8 Å². The van der Waals surface area contributed by atoms with E-state index in [1.165, 1.54) is 6.33 Å². The highest BCUT2D eigenvalue weighted by molar-refractivity contribution is 6.32. The number of H-pyrrole nitrogens is 1. The Labute approximate surface area is 105 Å². The van der Waals surface area contributed by atoms with Crippen molar-refractivity contribution in [3.8, 4) is 0 Å². The van der Waals surface area contributed by atoms with Gasteiger partial charge in [0.25, 0.3) is 5.56 Å². The normalized spacial score (nSPS) is 19.4. The minimum absolute atomic E-state index is 0.170. The maximum atomic E-state index is 11.4. The van der Waals surface area contributed by atoms with Gasteiger partial charge in [-0.3, -0.25) is 4.79 Å². The summed E-state index contributed by atoms with van der Waals surface area (Å²) in [6.45, 7) is 4.56. The summed E-state index contributed by atoms with van der Waals surface area (Å²) in [4.78, 5) is 20.0. The Morgan fingerprint density at radius 2 is 2.24 bits per heavy atom. The van der Waals surface area contributed by atoms with Gasteiger partial charge in [-0.1, -0.05) is 18.5 Å². The topological polar surface area (TPSA) is 75.0 Å². The van der Waals surface area contributed by atoms with Crippen molar-refractivity contribution in [2.24, 2.45) is 11.1 Å². The average molecular weight is 257 g/mol. The molecular weight excluding hydrogens is 240 g/mol. The first-order valence-corrected chi connectivity index (χ1v) is 6.12. The number of anilines is 1. The van der Waals surface area contributed by atoms with Gasteiger partial charge in [0, 0.05) is 13.1 Å². The van der Waals surface area contributed by atoms with Crippen LogP contribution in [0.15, 0.2) is 11.1 Å². The van der Waals surface area contributed by atoms with E-state index in [1.54, 1.807) is 0 Å². The second kappa shape index (κ2) is 4.66. The second-order valence-corrected chi connectivity index (χ2v) is 5.25. The van der Waals surface area contributed by atoms with Crippen molar-refractivity contribution in [2.75, 3.05) is 24.5 Å². The van der Waals surface area contributed by atoms with Crippen LogP contribution in [0.5, 0.6) is 0 Å². The van der Waals surface area contributed by atoms with Crippen molar-refractivity contribution in [2.45, 2.75) is 19.8 Å². The number of aromatic amines is 1. The van der Waals surface area contributed by atoms with E-state index in [0.717, 1.165) is 25.9 Å². The first-order valence-electron chi connectivity index (χ1n) is 5.74. The first-order chi connectivity index (χ1) is 8.06. The van der Waals surface area contributed by atoms with Gasteiger partial charge in [-0.2, -0.15) is 0 Å². The SMILES string of the molecule is CC1(CN)CCN(c2nc[nH]c(=O)c2Cl)CC1. The van der Waals surface area contributed by atoms with E-state index in [1.807, 2.05) is 0 Å². The third-order valence-corrected chi connectivity index (χ3v) is 3.88. The molecule has 0 amide bonds. The minimum atomic E-state index is -0.288. The van der Waals surface area contributed by atoms with Gasteiger partial charge in [0.2, 0.25) is 0 Å². The van der Waals surface area contributed by atoms with Crippen LogP contribution in [-0.4, -0.2) is 29.6 Å². The average Bonchev–Trinajstić information content (AvgIpc) is 2.34. The fourth-order valence-corrected chi connectivity index (χ4v) is 2.28. The van der Waals surface area contributed by atoms with Crippen LogP contribution in [-0.2, 0) is 0 Å². The minimum Gasteiger partial charge on any atom is -0.355 e. The van der Waals surface area contributed by atoms with Gasteiger partial charge >= 0.3 is 0 Å². The molecule has 2 rings (SSSR count). The number of piperidine rings is 1. The zero-order chi connectivity index (χ0) is 12.5. The molecule has 0 spiro atoms. The first kappa shape index (κ1) is 12.4. The van der Waals surface area contributed by atoms with E-state index in [2.05, 4.69) is 21.8 Å². The van der Waals surface area contributed by atoms with Crippen LogP contribution in [0.2, 0.25) is 5.02 Å². The molecule has 17 heavy (non-hydrogen) atoms. The number of rotatable bonds is 2. The molecule has 0 saturated carbocycles. The number of hydrogen-bond donors (Lipinski definition) is 2. The Morgan fingerprint density at radius 1 is 1.59 bits per heavy atom. The summed E-state index contributed by atoms with van der Waals surface area (Å²) in [6, 6.07) is 0. The standard InChI is InChI=1S/C11H17ClN4O/c1-11(6-13)2-4-16(5-3-11)9-8(12)10(17)15-7-14-9/h7H,2-6,13H2,1H3,(H,14,15,17). The molecule has 2 heterocycles. The predicted molar refractivity (Wildman–Crippen MR) is 68.5 cm³/mol. The van der Waals surface area contributed by atoms with Gasteiger partial charge in [0.05, 0.1) is 6.33 Å². The molecule has 0 bridgehead atoms. The van der Waals surface area contributed by atoms with E-state index >= 15 is 0 Å². The number of hydrogen-bond acceptors (Lipinski definition) is 4. The lowest BCUT2D eigenvalue weighted by Crippen LogP contribution is -2.43. The highest BCUT2D eigenvalue weighted by Crippen LogP contribution is 2.32. The van der Waals surface area contributed by atoms with Crippen LogP contribution >= 0.6 is 11.6 Å². The van der Waals surface area contributed by atoms with Crippen LogP contribution in [0.25, 0.3) is 0 Å². The van der Waals surface area contributed by atoms with E-state index in [-0.39, 0.29) is 16.0 Å². The molecule has 3 N–H and O–H groups in total. The molecule has 1 aliphatic rings. The third kappa shape index (κ3) is 2.45. The summed E-state index contributed by atoms with van der Waals surface area (Å²) in [5.74, 6) is 0.578. The number of aromatic nitrogens is 2. The van der Waals surface area contributed by atoms with Crippen molar-refractivity contribution in [3.05, 3.63) is 21.7 Å². The Morgan fingerprint density at radius 3 is 2.82 bits per heavy atom. The summed E-state index contributed by atoms with van der Waals surface area (Å²) in [5, 5.41) is 0.170. The highest BCUT2D eigenvalue weighted by Gasteiger charge is 2.30. The lowest BCUT2D eigenvalue weighted by molar-refractivity contribution is 0.258. The molecule has 5 nitrogen and oxygen atoms in total. The molecule has 0 unspecified atom stereocenters. The molecule has 0 radical (unpaired) electrons. The van der Waals surface area contributed by atoms with Crippen LogP contribution in [0, 0.1) is 5.41 Å². The van der Waals surface area contributed by atoms with Crippen molar-refractivity contribution in [3.63, 3.8) is 0 Å². The quantitative estimate of drug-likeness (QED) is 0.828. The summed E-state index contributed by atoms with van der Waals surface area (Å²) >= 11 is 5.96. The lowest BCUT2D eigenvalue weighted by atomic mass is 9.80. The number of nitrogens with one attached hydrogen (secondary N) is 1. The largest absolute Gasteiger partial charge is 0.355 e. The Balaban J connectivity index is 2.16. The van der Waals surface area contributed by atoms with E-state index in [4.69, 9.17) is 17.3 Å². The summed E-state index contributed by atoms with van der Waals surface area (Å²) < 4.78 is 0. The molecule has 0 atom stereocenters. The van der Waals surface area contributed by atoms with Crippen LogP contribution in [0.4, 0.5) is 5.82 Å². The second-order valence-electron chi connectivity index (χ2n) is 4.87. The smallest absolute Gasteiger partial charge is 0.271 e. The predicted octanol–water partition coefficient (Wildman–Crippen LogP) is 0.989. The lowest BCUT2D eigenvalue weighted by Gasteiger charge is -2.39. The Kier molecular flexibility index (Phi) is 3.40. The molecule has 1 fully saturated rings. The van der Waals surface area contributed by atoms with Gasteiger partial charge in [-0.15, -0.1) is 0 Å². The van der Waals surface area contributed by atoms with Crippen LogP contribution in [0.3, 0.4) is 0 Å². The molecule has 1 saturated heterocycles. The van der Waals surface area contributed by atoms with Gasteiger partial charge in [-0.25, -0.2) is 4.98 Å². The van der Waals surface area contributed by atoms with E-state index < -0.39 is 0 Å². The summed E-state index contributed by atoms with van der Waals surface area (Å²) in [5.41, 5.74) is 5.67. The fourth-order valence-electron chi connectivity index (χ4n) is 2.06. The number of nitrogens with zero attached hydrogens (tertiary/aromatic N) is 2. The fraction of sp³-hybridized carbons (Fsp3) is 0.636. The molecule has 6 heteroatoms. The van der Waals surface area contributed by atoms with Crippen molar-refractivity contribution < 1.29 is 0 Å². The number of halogens is 1. The van der Waals surface area contributed by atoms with E-state index in [9.17, 15) is 4.79 Å². The molecule has 1 aromatic rings. The zero-order valence-corrected chi connectivity index (χ0v) is 10.6. The van der Waals surface area contributed by atoms with Gasteiger partial charge in [0.1, 0.15) is 5.02 Å². The van der Waals surface area contributed by atoms with Crippen molar-refractivity contribution >= 4 is 17.4 Å². The summed E-state index contributed by atoms with van der Waals surface area (Å²) in [7, 11) is 0. The number of nitrogens with two attached hydrogens (primary N) is 1. The molecule has 1 aliphatic heterocycles. The molecule has 0 aromatic carbocycles. The molecule has 0 aliphatic carbocycles. The van der Waals surface area contributed by atoms with Crippen molar-refractivity contribution in [1.29, 1.82) is 0 Å². The third-order valence-electron chi connectivity index (χ3n) is 3.54. The van der Waals surface area contributed by atoms with E-state index in [0.29, 0.717) is 12.4 Å². The zero-order valence-electron chi connectivity index (χ0n) is 9.87. The van der Waals surface area contributed by atoms with Gasteiger partial charge in [0.15, 0.2) is 5.82 Å². The van der Waals surface area contributed by atoms with Crippen LogP contribution < -0.4 is 16.2 Å². The maximum absolute atomic E-state index is 11.4. The van der Waals surface area contributed by atoms with Crippen LogP contribution in [0.1, 0.15) is 19.8 Å². The Hall–Kier alpha value is -1.07. The molecular formula is C11H17ClN4O. The van der Waals surface area contributed by atoms with Gasteiger partial charge < -0.3 is 15.6 Å². The molecule has 94 valence electrons. The molecule has 1 aromatic heterocycles. The monoisotopic (exact) mass is 256 g/mol. The maximum Gasteiger partial charge on any atom is 0.271 e.